The average molecular weight is 330 g/mol. The van der Waals surface area contributed by atoms with Crippen molar-refractivity contribution in [1.82, 2.24) is 10.6 Å². The molecule has 0 spiro atoms. The molecule has 0 aliphatic carbocycles. The summed E-state index contributed by atoms with van der Waals surface area (Å²) < 4.78 is 5.09. The summed E-state index contributed by atoms with van der Waals surface area (Å²) in [4.78, 5) is 23.7. The van der Waals surface area contributed by atoms with Crippen LogP contribution in [0.4, 0.5) is 4.79 Å². The van der Waals surface area contributed by atoms with Crippen LogP contribution >= 0.6 is 0 Å². The van der Waals surface area contributed by atoms with Crippen molar-refractivity contribution in [3.63, 3.8) is 0 Å². The first kappa shape index (κ1) is 19.3. The van der Waals surface area contributed by atoms with E-state index < -0.39 is 24.1 Å². The molecule has 0 saturated carbocycles. The molecule has 1 aromatic rings. The van der Waals surface area contributed by atoms with E-state index in [1.54, 1.807) is 0 Å². The van der Waals surface area contributed by atoms with Gasteiger partial charge in [-0.1, -0.05) is 36.4 Å². The smallest absolute Gasteiger partial charge is 0.407 e. The largest absolute Gasteiger partial charge is 0.445 e. The maximum atomic E-state index is 11.9. The van der Waals surface area contributed by atoms with Crippen molar-refractivity contribution < 1.29 is 19.4 Å². The van der Waals surface area contributed by atoms with Crippen LogP contribution in [-0.2, 0) is 16.1 Å². The molecular weight excluding hydrogens is 308 g/mol. The predicted octanol–water partition coefficient (Wildman–Crippen LogP) is 1.36. The Morgan fingerprint density at radius 2 is 2.08 bits per heavy atom. The molecule has 0 saturated heterocycles. The summed E-state index contributed by atoms with van der Waals surface area (Å²) in [5.74, 6) is 1.80. The van der Waals surface area contributed by atoms with Crippen molar-refractivity contribution in [1.29, 1.82) is 0 Å². The van der Waals surface area contributed by atoms with E-state index in [9.17, 15) is 14.7 Å². The molecule has 0 aliphatic heterocycles. The fourth-order valence-corrected chi connectivity index (χ4v) is 1.92. The van der Waals surface area contributed by atoms with Crippen molar-refractivity contribution in [2.24, 2.45) is 0 Å². The van der Waals surface area contributed by atoms with E-state index in [4.69, 9.17) is 11.2 Å². The molecule has 0 fully saturated rings. The zero-order chi connectivity index (χ0) is 17.8. The van der Waals surface area contributed by atoms with Crippen LogP contribution in [0.2, 0.25) is 0 Å². The van der Waals surface area contributed by atoms with Crippen LogP contribution in [0.15, 0.2) is 43.0 Å². The number of hydrogen-bond donors (Lipinski definition) is 3. The summed E-state index contributed by atoms with van der Waals surface area (Å²) in [6.07, 6.45) is 5.10. The normalized spacial score (nSPS) is 12.3. The number of amides is 2. The van der Waals surface area contributed by atoms with Gasteiger partial charge in [0.05, 0.1) is 6.04 Å². The van der Waals surface area contributed by atoms with Gasteiger partial charge < -0.3 is 20.5 Å². The highest BCUT2D eigenvalue weighted by Gasteiger charge is 2.27. The summed E-state index contributed by atoms with van der Waals surface area (Å²) in [6.45, 7) is 3.78. The third-order valence-electron chi connectivity index (χ3n) is 3.19. The topological polar surface area (TPSA) is 87.7 Å². The number of carbonyl (C=O) groups is 2. The van der Waals surface area contributed by atoms with Gasteiger partial charge in [-0.2, -0.15) is 0 Å². The third kappa shape index (κ3) is 6.99. The lowest BCUT2D eigenvalue weighted by atomic mass is 10.0. The number of ether oxygens (including phenoxy) is 1. The molecule has 0 bridgehead atoms. The Balaban J connectivity index is 2.57. The summed E-state index contributed by atoms with van der Waals surface area (Å²) in [5.41, 5.74) is 0.831. The second-order valence-corrected chi connectivity index (χ2v) is 5.03. The van der Waals surface area contributed by atoms with Crippen molar-refractivity contribution in [3.8, 4) is 12.3 Å². The Hall–Kier alpha value is -2.78. The van der Waals surface area contributed by atoms with E-state index in [1.165, 1.54) is 6.08 Å². The molecule has 0 aromatic heterocycles. The fraction of sp³-hybridized carbons (Fsp3) is 0.333. The van der Waals surface area contributed by atoms with E-state index in [2.05, 4.69) is 23.1 Å². The second-order valence-electron chi connectivity index (χ2n) is 5.03. The Morgan fingerprint density at radius 3 is 2.71 bits per heavy atom. The molecule has 2 atom stereocenters. The molecule has 0 aliphatic rings. The molecule has 24 heavy (non-hydrogen) atoms. The molecule has 6 heteroatoms. The molecule has 2 amide bonds. The van der Waals surface area contributed by atoms with Crippen molar-refractivity contribution in [3.05, 3.63) is 48.6 Å². The number of nitrogens with one attached hydrogen (secondary N) is 2. The van der Waals surface area contributed by atoms with Gasteiger partial charge in [0.15, 0.2) is 6.10 Å². The number of aliphatic hydroxyl groups is 1. The third-order valence-corrected chi connectivity index (χ3v) is 3.19. The van der Waals surface area contributed by atoms with Crippen LogP contribution in [0.3, 0.4) is 0 Å². The van der Waals surface area contributed by atoms with Crippen LogP contribution in [0.1, 0.15) is 18.4 Å². The SMILES string of the molecule is C#CCC[C@H](NC(=O)OCc1ccccc1)[C@H](O)C(=O)NCC=C. The van der Waals surface area contributed by atoms with Crippen molar-refractivity contribution >= 4 is 12.0 Å². The van der Waals surface area contributed by atoms with Gasteiger partial charge in [-0.3, -0.25) is 4.79 Å². The zero-order valence-corrected chi connectivity index (χ0v) is 13.4. The van der Waals surface area contributed by atoms with Crippen molar-refractivity contribution in [2.75, 3.05) is 6.54 Å². The lowest BCUT2D eigenvalue weighted by Gasteiger charge is -2.22. The van der Waals surface area contributed by atoms with E-state index in [0.29, 0.717) is 6.42 Å². The van der Waals surface area contributed by atoms with Gasteiger partial charge in [-0.05, 0) is 12.0 Å². The van der Waals surface area contributed by atoms with E-state index in [0.717, 1.165) is 5.56 Å². The predicted molar refractivity (Wildman–Crippen MR) is 90.8 cm³/mol. The van der Waals surface area contributed by atoms with Gasteiger partial charge in [0.2, 0.25) is 0 Å². The first-order valence-electron chi connectivity index (χ1n) is 7.55. The molecule has 3 N–H and O–H groups in total. The Labute approximate surface area is 141 Å². The van der Waals surface area contributed by atoms with Crippen molar-refractivity contribution in [2.45, 2.75) is 31.6 Å². The molecule has 128 valence electrons. The van der Waals surface area contributed by atoms with Crippen LogP contribution in [0, 0.1) is 12.3 Å². The summed E-state index contributed by atoms with van der Waals surface area (Å²) in [5, 5.41) is 15.0. The average Bonchev–Trinajstić information content (AvgIpc) is 2.61. The fourth-order valence-electron chi connectivity index (χ4n) is 1.92. The molecule has 0 radical (unpaired) electrons. The molecule has 6 nitrogen and oxygen atoms in total. The highest BCUT2D eigenvalue weighted by molar-refractivity contribution is 5.82. The van der Waals surface area contributed by atoms with Gasteiger partial charge in [-0.15, -0.1) is 18.9 Å². The molecule has 1 rings (SSSR count). The molecule has 0 heterocycles. The van der Waals surface area contributed by atoms with Gasteiger partial charge in [-0.25, -0.2) is 4.79 Å². The minimum atomic E-state index is -1.43. The van der Waals surface area contributed by atoms with Gasteiger partial charge >= 0.3 is 6.09 Å². The number of aliphatic hydroxyl groups excluding tert-OH is 1. The zero-order valence-electron chi connectivity index (χ0n) is 13.4. The maximum Gasteiger partial charge on any atom is 0.407 e. The first-order chi connectivity index (χ1) is 11.6. The Kier molecular flexibility index (Phi) is 8.72. The summed E-state index contributed by atoms with van der Waals surface area (Å²) in [7, 11) is 0. The van der Waals surface area contributed by atoms with Gasteiger partial charge in [0.1, 0.15) is 6.61 Å². The minimum Gasteiger partial charge on any atom is -0.445 e. The molecule has 1 aromatic carbocycles. The van der Waals surface area contributed by atoms with Gasteiger partial charge in [0, 0.05) is 13.0 Å². The standard InChI is InChI=1S/C18H22N2O4/c1-3-5-11-15(16(21)17(22)19-12-4-2)20-18(23)24-13-14-9-7-6-8-10-14/h1,4,6-10,15-16,21H,2,5,11-13H2,(H,19,22)(H,20,23)/t15-,16-/m0/s1. The molecule has 0 unspecified atom stereocenters. The lowest BCUT2D eigenvalue weighted by Crippen LogP contribution is -2.50. The highest BCUT2D eigenvalue weighted by Crippen LogP contribution is 2.05. The Morgan fingerprint density at radius 1 is 1.38 bits per heavy atom. The van der Waals surface area contributed by atoms with Crippen LogP contribution < -0.4 is 10.6 Å². The van der Waals surface area contributed by atoms with E-state index >= 15 is 0 Å². The number of carbonyl (C=O) groups excluding carboxylic acids is 2. The number of rotatable bonds is 9. The maximum absolute atomic E-state index is 11.9. The number of hydrogen-bond acceptors (Lipinski definition) is 4. The highest BCUT2D eigenvalue weighted by atomic mass is 16.5. The monoisotopic (exact) mass is 330 g/mol. The molecular formula is C18H22N2O4. The number of alkyl carbamates (subject to hydrolysis) is 1. The van der Waals surface area contributed by atoms with Gasteiger partial charge in [0.25, 0.3) is 5.91 Å². The lowest BCUT2D eigenvalue weighted by molar-refractivity contribution is -0.130. The number of benzene rings is 1. The van der Waals surface area contributed by atoms with Crippen LogP contribution in [-0.4, -0.2) is 35.8 Å². The van der Waals surface area contributed by atoms with Crippen LogP contribution in [0.25, 0.3) is 0 Å². The minimum absolute atomic E-state index is 0.0906. The van der Waals surface area contributed by atoms with Crippen LogP contribution in [0.5, 0.6) is 0 Å². The second kappa shape index (κ2) is 10.9. The quantitative estimate of drug-likeness (QED) is 0.471. The number of terminal acetylenes is 1. The van der Waals surface area contributed by atoms with E-state index in [1.807, 2.05) is 30.3 Å². The summed E-state index contributed by atoms with van der Waals surface area (Å²) in [6, 6.07) is 8.33. The summed E-state index contributed by atoms with van der Waals surface area (Å²) >= 11 is 0. The first-order valence-corrected chi connectivity index (χ1v) is 7.55. The van der Waals surface area contributed by atoms with E-state index in [-0.39, 0.29) is 19.6 Å². The Bertz CT molecular complexity index is 580.